The molecule has 0 fully saturated rings. The molecule has 32 heavy (non-hydrogen) atoms. The molecule has 1 N–H and O–H groups in total. The van der Waals surface area contributed by atoms with Gasteiger partial charge in [-0.3, -0.25) is 10.2 Å². The van der Waals surface area contributed by atoms with E-state index in [4.69, 9.17) is 14.9 Å². The van der Waals surface area contributed by atoms with Crippen molar-refractivity contribution in [2.45, 2.75) is 20.5 Å². The number of methoxy groups -OCH3 is 1. The number of rotatable bonds is 6. The molecule has 0 radical (unpaired) electrons. The third kappa shape index (κ3) is 4.29. The van der Waals surface area contributed by atoms with Crippen LogP contribution in [-0.4, -0.2) is 34.1 Å². The van der Waals surface area contributed by atoms with Crippen molar-refractivity contribution in [3.05, 3.63) is 65.0 Å². The molecule has 2 aromatic carbocycles. The second kappa shape index (κ2) is 8.96. The minimum absolute atomic E-state index is 0.0259. The van der Waals surface area contributed by atoms with Crippen molar-refractivity contribution in [2.24, 2.45) is 16.0 Å². The summed E-state index contributed by atoms with van der Waals surface area (Å²) < 4.78 is 25.0. The summed E-state index contributed by atoms with van der Waals surface area (Å²) >= 11 is 1.30. The van der Waals surface area contributed by atoms with Gasteiger partial charge in [-0.2, -0.15) is 15.1 Å². The Balaban J connectivity index is 1.57. The summed E-state index contributed by atoms with van der Waals surface area (Å²) in [5.74, 6) is 0.168. The SMILES string of the molecule is COc1cc(/C=C2\C(=N)N3N=C(C(C)C)SC3=NC2=O)ccc1OCc1ccccc1F. The number of hydrogen-bond donors (Lipinski definition) is 1. The number of thioether (sulfide) groups is 1. The third-order valence-electron chi connectivity index (χ3n) is 4.80. The molecule has 7 nitrogen and oxygen atoms in total. The Bertz CT molecular complexity index is 1190. The molecular weight excluding hydrogens is 431 g/mol. The van der Waals surface area contributed by atoms with Gasteiger partial charge in [-0.05, 0) is 41.6 Å². The molecule has 0 spiro atoms. The topological polar surface area (TPSA) is 87.3 Å². The van der Waals surface area contributed by atoms with Gasteiger partial charge in [0.2, 0.25) is 5.17 Å². The summed E-state index contributed by atoms with van der Waals surface area (Å²) in [6, 6.07) is 11.5. The molecule has 0 bridgehead atoms. The van der Waals surface area contributed by atoms with Gasteiger partial charge in [0.1, 0.15) is 17.5 Å². The van der Waals surface area contributed by atoms with Crippen molar-refractivity contribution in [3.8, 4) is 11.5 Å². The van der Waals surface area contributed by atoms with Crippen LogP contribution < -0.4 is 9.47 Å². The number of carbonyl (C=O) groups is 1. The van der Waals surface area contributed by atoms with Gasteiger partial charge in [-0.15, -0.1) is 0 Å². The van der Waals surface area contributed by atoms with Crippen LogP contribution in [0.25, 0.3) is 6.08 Å². The summed E-state index contributed by atoms with van der Waals surface area (Å²) in [7, 11) is 1.50. The lowest BCUT2D eigenvalue weighted by molar-refractivity contribution is -0.114. The van der Waals surface area contributed by atoms with Crippen LogP contribution in [0, 0.1) is 17.1 Å². The van der Waals surface area contributed by atoms with E-state index in [1.54, 1.807) is 42.5 Å². The zero-order valence-corrected chi connectivity index (χ0v) is 18.6. The number of fused-ring (bicyclic) bond motifs is 1. The van der Waals surface area contributed by atoms with Crippen molar-refractivity contribution >= 4 is 39.8 Å². The second-order valence-corrected chi connectivity index (χ2v) is 8.39. The number of aliphatic imine (C=N–C) groups is 1. The molecule has 1 amide bonds. The van der Waals surface area contributed by atoms with Crippen LogP contribution >= 0.6 is 11.8 Å². The number of carbonyl (C=O) groups excluding carboxylic acids is 1. The first-order valence-corrected chi connectivity index (χ1v) is 10.7. The van der Waals surface area contributed by atoms with E-state index in [1.807, 2.05) is 13.8 Å². The van der Waals surface area contributed by atoms with Crippen molar-refractivity contribution in [1.82, 2.24) is 5.01 Å². The molecule has 0 saturated heterocycles. The number of hydrazone groups is 1. The highest BCUT2D eigenvalue weighted by Crippen LogP contribution is 2.33. The zero-order valence-electron chi connectivity index (χ0n) is 17.8. The van der Waals surface area contributed by atoms with Gasteiger partial charge < -0.3 is 9.47 Å². The Morgan fingerprint density at radius 3 is 2.72 bits per heavy atom. The number of amides is 1. The highest BCUT2D eigenvalue weighted by Gasteiger charge is 2.36. The van der Waals surface area contributed by atoms with Crippen LogP contribution in [-0.2, 0) is 11.4 Å². The van der Waals surface area contributed by atoms with Gasteiger partial charge in [0.05, 0.1) is 12.7 Å². The van der Waals surface area contributed by atoms with Crippen LogP contribution in [0.3, 0.4) is 0 Å². The molecule has 2 aliphatic heterocycles. The van der Waals surface area contributed by atoms with E-state index < -0.39 is 5.91 Å². The number of hydrogen-bond acceptors (Lipinski definition) is 6. The van der Waals surface area contributed by atoms with Crippen LogP contribution in [0.1, 0.15) is 25.0 Å². The largest absolute Gasteiger partial charge is 0.493 e. The predicted octanol–water partition coefficient (Wildman–Crippen LogP) is 4.69. The van der Waals surface area contributed by atoms with Crippen LogP contribution in [0.15, 0.2) is 58.1 Å². The Kier molecular flexibility index (Phi) is 6.09. The van der Waals surface area contributed by atoms with Crippen LogP contribution in [0.5, 0.6) is 11.5 Å². The summed E-state index contributed by atoms with van der Waals surface area (Å²) in [4.78, 5) is 16.6. The summed E-state index contributed by atoms with van der Waals surface area (Å²) in [5, 5.41) is 15.5. The molecule has 0 unspecified atom stereocenters. The second-order valence-electron chi connectivity index (χ2n) is 7.40. The standard InChI is InChI=1S/C23H21FN4O3S/c1-13(2)22-27-28-20(25)16(21(29)26-23(28)32-22)10-14-8-9-18(19(11-14)30-3)31-12-15-6-4-5-7-17(15)24/h4-11,13,25H,12H2,1-3H3/b16-10+,25-20?. The fraction of sp³-hybridized carbons (Fsp3) is 0.217. The highest BCUT2D eigenvalue weighted by atomic mass is 32.2. The van der Waals surface area contributed by atoms with E-state index in [-0.39, 0.29) is 29.8 Å². The summed E-state index contributed by atoms with van der Waals surface area (Å²) in [6.07, 6.45) is 1.57. The molecule has 4 rings (SSSR count). The van der Waals surface area contributed by atoms with Gasteiger partial charge in [0, 0.05) is 11.5 Å². The lowest BCUT2D eigenvalue weighted by atomic mass is 10.1. The lowest BCUT2D eigenvalue weighted by Crippen LogP contribution is -2.35. The van der Waals surface area contributed by atoms with Crippen molar-refractivity contribution in [3.63, 3.8) is 0 Å². The first kappa shape index (κ1) is 21.8. The maximum atomic E-state index is 13.8. The number of nitrogens with zero attached hydrogens (tertiary/aromatic N) is 3. The van der Waals surface area contributed by atoms with E-state index in [1.165, 1.54) is 29.9 Å². The van der Waals surface area contributed by atoms with Gasteiger partial charge in [0.15, 0.2) is 17.3 Å². The monoisotopic (exact) mass is 452 g/mol. The molecular formula is C23H21FN4O3S. The number of ether oxygens (including phenoxy) is 2. The molecule has 0 saturated carbocycles. The smallest absolute Gasteiger partial charge is 0.283 e. The number of amidine groups is 2. The molecule has 2 heterocycles. The first-order chi connectivity index (χ1) is 15.4. The van der Waals surface area contributed by atoms with Crippen LogP contribution in [0.2, 0.25) is 0 Å². The fourth-order valence-corrected chi connectivity index (χ4v) is 3.96. The quantitative estimate of drug-likeness (QED) is 0.643. The minimum atomic E-state index is -0.493. The van der Waals surface area contributed by atoms with Gasteiger partial charge in [0.25, 0.3) is 5.91 Å². The van der Waals surface area contributed by atoms with Crippen molar-refractivity contribution in [1.29, 1.82) is 5.41 Å². The van der Waals surface area contributed by atoms with Gasteiger partial charge in [-0.25, -0.2) is 4.39 Å². The molecule has 9 heteroatoms. The molecule has 2 aliphatic rings. The number of halogens is 1. The predicted molar refractivity (Wildman–Crippen MR) is 124 cm³/mol. The van der Waals surface area contributed by atoms with E-state index in [9.17, 15) is 9.18 Å². The van der Waals surface area contributed by atoms with E-state index in [2.05, 4.69) is 10.1 Å². The molecule has 0 aromatic heterocycles. The first-order valence-electron chi connectivity index (χ1n) is 9.91. The number of benzene rings is 2. The normalized spacial score (nSPS) is 16.9. The van der Waals surface area contributed by atoms with E-state index in [0.717, 1.165) is 5.04 Å². The Morgan fingerprint density at radius 1 is 1.22 bits per heavy atom. The number of nitrogens with one attached hydrogen (secondary N) is 1. The van der Waals surface area contributed by atoms with E-state index in [0.29, 0.717) is 27.8 Å². The zero-order chi connectivity index (χ0) is 22.8. The molecule has 2 aromatic rings. The highest BCUT2D eigenvalue weighted by molar-refractivity contribution is 8.27. The average molecular weight is 453 g/mol. The Morgan fingerprint density at radius 2 is 2.00 bits per heavy atom. The van der Waals surface area contributed by atoms with Gasteiger partial charge in [-0.1, -0.05) is 38.1 Å². The van der Waals surface area contributed by atoms with Crippen LogP contribution in [0.4, 0.5) is 4.39 Å². The lowest BCUT2D eigenvalue weighted by Gasteiger charge is -2.20. The molecule has 0 aliphatic carbocycles. The minimum Gasteiger partial charge on any atom is -0.493 e. The molecule has 0 atom stereocenters. The Labute approximate surface area is 189 Å². The van der Waals surface area contributed by atoms with Gasteiger partial charge >= 0.3 is 0 Å². The van der Waals surface area contributed by atoms with Crippen molar-refractivity contribution < 1.29 is 18.7 Å². The third-order valence-corrected chi connectivity index (χ3v) is 6.01. The van der Waals surface area contributed by atoms with E-state index >= 15 is 0 Å². The molecule has 164 valence electrons. The summed E-state index contributed by atoms with van der Waals surface area (Å²) in [5.41, 5.74) is 1.19. The maximum absolute atomic E-state index is 13.8. The fourth-order valence-electron chi connectivity index (χ4n) is 3.07. The maximum Gasteiger partial charge on any atom is 0.283 e. The Hall–Kier alpha value is -3.46. The summed E-state index contributed by atoms with van der Waals surface area (Å²) in [6.45, 7) is 4.04. The van der Waals surface area contributed by atoms with Crippen molar-refractivity contribution in [2.75, 3.05) is 7.11 Å². The average Bonchev–Trinajstić information content (AvgIpc) is 3.21.